The Balaban J connectivity index is 2.28. The molecular formula is C11H7Br3N2O2. The van der Waals surface area contributed by atoms with Crippen LogP contribution in [0.2, 0.25) is 0 Å². The maximum atomic E-state index is 5.57. The maximum absolute atomic E-state index is 5.57. The molecule has 1 aromatic carbocycles. The zero-order valence-corrected chi connectivity index (χ0v) is 13.9. The van der Waals surface area contributed by atoms with Crippen molar-refractivity contribution in [2.24, 2.45) is 0 Å². The van der Waals surface area contributed by atoms with E-state index in [0.29, 0.717) is 16.1 Å². The molecule has 0 radical (unpaired) electrons. The largest absolute Gasteiger partial charge is 0.480 e. The van der Waals surface area contributed by atoms with Crippen molar-refractivity contribution in [3.05, 3.63) is 37.8 Å². The van der Waals surface area contributed by atoms with Gasteiger partial charge in [-0.2, -0.15) is 4.98 Å². The predicted octanol–water partition coefficient (Wildman–Crippen LogP) is 4.57. The van der Waals surface area contributed by atoms with E-state index in [1.165, 1.54) is 7.11 Å². The molecule has 0 aliphatic heterocycles. The first kappa shape index (κ1) is 13.8. The standard InChI is InChI=1S/C11H7Br3N2O2/c1-17-10-8(14)5-15-11(16-10)18-9-3-2-6(12)4-7(9)13/h2-5H,1H3. The second-order valence-corrected chi connectivity index (χ2v) is 5.81. The molecule has 0 unspecified atom stereocenters. The number of benzene rings is 1. The van der Waals surface area contributed by atoms with E-state index < -0.39 is 0 Å². The zero-order valence-electron chi connectivity index (χ0n) is 9.15. The number of methoxy groups -OCH3 is 1. The van der Waals surface area contributed by atoms with Crippen molar-refractivity contribution in [3.8, 4) is 17.6 Å². The number of ether oxygens (including phenoxy) is 2. The van der Waals surface area contributed by atoms with Crippen molar-refractivity contribution in [2.75, 3.05) is 7.11 Å². The third-order valence-electron chi connectivity index (χ3n) is 1.98. The molecule has 0 aliphatic rings. The van der Waals surface area contributed by atoms with E-state index in [9.17, 15) is 0 Å². The molecule has 18 heavy (non-hydrogen) atoms. The lowest BCUT2D eigenvalue weighted by Crippen LogP contribution is -1.96. The van der Waals surface area contributed by atoms with Crippen LogP contribution in [0.4, 0.5) is 0 Å². The van der Waals surface area contributed by atoms with Gasteiger partial charge in [0.25, 0.3) is 0 Å². The Hall–Kier alpha value is -0.660. The highest BCUT2D eigenvalue weighted by Crippen LogP contribution is 2.32. The van der Waals surface area contributed by atoms with Crippen LogP contribution in [0.5, 0.6) is 17.6 Å². The molecule has 0 amide bonds. The van der Waals surface area contributed by atoms with Gasteiger partial charge in [-0.1, -0.05) is 15.9 Å². The number of hydrogen-bond donors (Lipinski definition) is 0. The number of halogens is 3. The van der Waals surface area contributed by atoms with Crippen molar-refractivity contribution >= 4 is 47.8 Å². The van der Waals surface area contributed by atoms with Gasteiger partial charge in [-0.25, -0.2) is 4.98 Å². The molecule has 0 aliphatic carbocycles. The molecule has 0 fully saturated rings. The summed E-state index contributed by atoms with van der Waals surface area (Å²) in [5, 5.41) is 0. The summed E-state index contributed by atoms with van der Waals surface area (Å²) in [4.78, 5) is 8.17. The highest BCUT2D eigenvalue weighted by molar-refractivity contribution is 9.11. The number of hydrogen-bond acceptors (Lipinski definition) is 4. The summed E-state index contributed by atoms with van der Waals surface area (Å²) >= 11 is 10.1. The van der Waals surface area contributed by atoms with Crippen molar-refractivity contribution in [2.45, 2.75) is 0 Å². The highest BCUT2D eigenvalue weighted by atomic mass is 79.9. The van der Waals surface area contributed by atoms with Crippen LogP contribution in [0.15, 0.2) is 37.8 Å². The third kappa shape index (κ3) is 3.21. The summed E-state index contributed by atoms with van der Waals surface area (Å²) < 4.78 is 13.1. The summed E-state index contributed by atoms with van der Waals surface area (Å²) in [6.07, 6.45) is 1.58. The smallest absolute Gasteiger partial charge is 0.325 e. The van der Waals surface area contributed by atoms with E-state index in [0.717, 1.165) is 8.95 Å². The Morgan fingerprint density at radius 1 is 1.11 bits per heavy atom. The Labute approximate surface area is 129 Å². The minimum absolute atomic E-state index is 0.220. The minimum atomic E-state index is 0.220. The van der Waals surface area contributed by atoms with E-state index in [4.69, 9.17) is 9.47 Å². The quantitative estimate of drug-likeness (QED) is 0.704. The van der Waals surface area contributed by atoms with Gasteiger partial charge >= 0.3 is 6.01 Å². The van der Waals surface area contributed by atoms with E-state index >= 15 is 0 Å². The molecule has 0 bridgehead atoms. The van der Waals surface area contributed by atoms with Crippen molar-refractivity contribution < 1.29 is 9.47 Å². The Morgan fingerprint density at radius 2 is 1.89 bits per heavy atom. The van der Waals surface area contributed by atoms with E-state index in [1.54, 1.807) is 6.20 Å². The molecule has 0 N–H and O–H groups in total. The second kappa shape index (κ2) is 5.99. The van der Waals surface area contributed by atoms with Crippen molar-refractivity contribution in [3.63, 3.8) is 0 Å². The first-order chi connectivity index (χ1) is 8.60. The van der Waals surface area contributed by atoms with Crippen LogP contribution in [0, 0.1) is 0 Å². The summed E-state index contributed by atoms with van der Waals surface area (Å²) in [6.45, 7) is 0. The average molecular weight is 439 g/mol. The number of rotatable bonds is 3. The first-order valence-electron chi connectivity index (χ1n) is 4.79. The molecular weight excluding hydrogens is 432 g/mol. The van der Waals surface area contributed by atoms with Crippen LogP contribution in [0.25, 0.3) is 0 Å². The minimum Gasteiger partial charge on any atom is -0.480 e. The zero-order chi connectivity index (χ0) is 13.1. The molecule has 1 heterocycles. The molecule has 2 rings (SSSR count). The van der Waals surface area contributed by atoms with Gasteiger partial charge in [0.15, 0.2) is 0 Å². The van der Waals surface area contributed by atoms with E-state index in [-0.39, 0.29) is 6.01 Å². The highest BCUT2D eigenvalue weighted by Gasteiger charge is 2.09. The van der Waals surface area contributed by atoms with Gasteiger partial charge in [0.2, 0.25) is 5.88 Å². The summed E-state index contributed by atoms with van der Waals surface area (Å²) in [7, 11) is 1.53. The molecule has 0 saturated heterocycles. The first-order valence-corrected chi connectivity index (χ1v) is 7.17. The molecule has 4 nitrogen and oxygen atoms in total. The van der Waals surface area contributed by atoms with Crippen molar-refractivity contribution in [1.82, 2.24) is 9.97 Å². The third-order valence-corrected chi connectivity index (χ3v) is 3.64. The van der Waals surface area contributed by atoms with Gasteiger partial charge in [-0.15, -0.1) is 0 Å². The van der Waals surface area contributed by atoms with Crippen LogP contribution in [0.3, 0.4) is 0 Å². The lowest BCUT2D eigenvalue weighted by atomic mass is 10.3. The van der Waals surface area contributed by atoms with Gasteiger partial charge in [-0.3, -0.25) is 0 Å². The van der Waals surface area contributed by atoms with E-state index in [2.05, 4.69) is 57.8 Å². The van der Waals surface area contributed by atoms with Crippen LogP contribution in [0.1, 0.15) is 0 Å². The number of aromatic nitrogens is 2. The van der Waals surface area contributed by atoms with Crippen molar-refractivity contribution in [1.29, 1.82) is 0 Å². The van der Waals surface area contributed by atoms with Crippen LogP contribution < -0.4 is 9.47 Å². The Kier molecular flexibility index (Phi) is 4.58. The van der Waals surface area contributed by atoms with Gasteiger partial charge in [0, 0.05) is 4.47 Å². The molecule has 94 valence electrons. The fourth-order valence-electron chi connectivity index (χ4n) is 1.18. The molecule has 7 heteroatoms. The summed E-state index contributed by atoms with van der Waals surface area (Å²) in [5.41, 5.74) is 0. The molecule has 1 aromatic heterocycles. The molecule has 0 saturated carbocycles. The normalized spacial score (nSPS) is 10.2. The van der Waals surface area contributed by atoms with Crippen LogP contribution >= 0.6 is 47.8 Å². The number of nitrogens with zero attached hydrogens (tertiary/aromatic N) is 2. The maximum Gasteiger partial charge on any atom is 0.325 e. The lowest BCUT2D eigenvalue weighted by Gasteiger charge is -2.07. The topological polar surface area (TPSA) is 44.2 Å². The predicted molar refractivity (Wildman–Crippen MR) is 78.2 cm³/mol. The van der Waals surface area contributed by atoms with E-state index in [1.807, 2.05) is 18.2 Å². The van der Waals surface area contributed by atoms with Gasteiger partial charge in [0.05, 0.1) is 22.3 Å². The Bertz CT molecular complexity index is 578. The summed E-state index contributed by atoms with van der Waals surface area (Å²) in [5.74, 6) is 1.05. The van der Waals surface area contributed by atoms with Gasteiger partial charge < -0.3 is 9.47 Å². The van der Waals surface area contributed by atoms with Gasteiger partial charge in [-0.05, 0) is 50.1 Å². The monoisotopic (exact) mass is 436 g/mol. The SMILES string of the molecule is COc1nc(Oc2ccc(Br)cc2Br)ncc1Br. The lowest BCUT2D eigenvalue weighted by molar-refractivity contribution is 0.373. The summed E-state index contributed by atoms with van der Waals surface area (Å²) in [6, 6.07) is 5.78. The van der Waals surface area contributed by atoms with Crippen LogP contribution in [-0.2, 0) is 0 Å². The fraction of sp³-hybridized carbons (Fsp3) is 0.0909. The molecule has 2 aromatic rings. The van der Waals surface area contributed by atoms with Crippen LogP contribution in [-0.4, -0.2) is 17.1 Å². The molecule has 0 spiro atoms. The van der Waals surface area contributed by atoms with Gasteiger partial charge in [0.1, 0.15) is 5.75 Å². The fourth-order valence-corrected chi connectivity index (χ4v) is 2.67. The average Bonchev–Trinajstić information content (AvgIpc) is 2.35. The Morgan fingerprint density at radius 3 is 2.56 bits per heavy atom. The second-order valence-electron chi connectivity index (χ2n) is 3.19. The molecule has 0 atom stereocenters.